The maximum atomic E-state index is 6.23. The number of hydrogen-bond acceptors (Lipinski definition) is 2. The minimum absolute atomic E-state index is 0.781. The topological polar surface area (TPSA) is 21.3 Å². The molecule has 1 aliphatic carbocycles. The lowest BCUT2D eigenvalue weighted by atomic mass is 9.81. The Morgan fingerprint density at radius 1 is 1.35 bits per heavy atom. The summed E-state index contributed by atoms with van der Waals surface area (Å²) in [6.07, 6.45) is 6.90. The van der Waals surface area contributed by atoms with E-state index in [9.17, 15) is 0 Å². The van der Waals surface area contributed by atoms with Crippen LogP contribution in [-0.4, -0.2) is 13.7 Å². The molecule has 1 aromatic carbocycles. The van der Waals surface area contributed by atoms with Gasteiger partial charge in [-0.1, -0.05) is 43.9 Å². The highest BCUT2D eigenvalue weighted by molar-refractivity contribution is 6.31. The summed E-state index contributed by atoms with van der Waals surface area (Å²) >= 11 is 6.23. The second-order valence-corrected chi connectivity index (χ2v) is 6.43. The Morgan fingerprint density at radius 3 is 2.95 bits per heavy atom. The van der Waals surface area contributed by atoms with E-state index in [4.69, 9.17) is 16.3 Å². The Kier molecular flexibility index (Phi) is 6.18. The Labute approximate surface area is 127 Å². The Bertz CT molecular complexity index is 421. The maximum Gasteiger partial charge on any atom is 0.124 e. The van der Waals surface area contributed by atoms with Crippen LogP contribution in [0.3, 0.4) is 0 Å². The lowest BCUT2D eigenvalue weighted by molar-refractivity contribution is 0.267. The van der Waals surface area contributed by atoms with Crippen molar-refractivity contribution in [1.29, 1.82) is 0 Å². The molecule has 1 aromatic rings. The highest BCUT2D eigenvalue weighted by Crippen LogP contribution is 2.30. The van der Waals surface area contributed by atoms with Gasteiger partial charge in [-0.05, 0) is 43.4 Å². The van der Waals surface area contributed by atoms with Crippen molar-refractivity contribution in [3.8, 4) is 5.75 Å². The first kappa shape index (κ1) is 15.7. The van der Waals surface area contributed by atoms with E-state index in [1.165, 1.54) is 32.1 Å². The van der Waals surface area contributed by atoms with Crippen molar-refractivity contribution in [3.63, 3.8) is 0 Å². The first-order chi connectivity index (χ1) is 9.70. The quantitative estimate of drug-likeness (QED) is 0.771. The van der Waals surface area contributed by atoms with Crippen molar-refractivity contribution in [2.75, 3.05) is 13.7 Å². The van der Waals surface area contributed by atoms with Crippen LogP contribution in [0.5, 0.6) is 5.75 Å². The summed E-state index contributed by atoms with van der Waals surface area (Å²) < 4.78 is 5.36. The van der Waals surface area contributed by atoms with E-state index in [-0.39, 0.29) is 0 Å². The summed E-state index contributed by atoms with van der Waals surface area (Å²) in [5, 5.41) is 4.30. The third kappa shape index (κ3) is 4.39. The third-order valence-corrected chi connectivity index (χ3v) is 4.73. The summed E-state index contributed by atoms with van der Waals surface area (Å²) in [5.41, 5.74) is 1.06. The van der Waals surface area contributed by atoms with E-state index < -0.39 is 0 Å². The molecule has 0 bridgehead atoms. The number of rotatable bonds is 6. The maximum absolute atomic E-state index is 6.23. The largest absolute Gasteiger partial charge is 0.496 e. The molecule has 1 saturated carbocycles. The molecule has 0 saturated heterocycles. The van der Waals surface area contributed by atoms with Crippen molar-refractivity contribution in [2.45, 2.75) is 45.6 Å². The van der Waals surface area contributed by atoms with Crippen molar-refractivity contribution in [2.24, 2.45) is 11.8 Å². The molecule has 1 N–H and O–H groups in total. The van der Waals surface area contributed by atoms with Gasteiger partial charge in [0.05, 0.1) is 7.11 Å². The minimum Gasteiger partial charge on any atom is -0.496 e. The van der Waals surface area contributed by atoms with E-state index >= 15 is 0 Å². The van der Waals surface area contributed by atoms with Gasteiger partial charge in [-0.3, -0.25) is 0 Å². The van der Waals surface area contributed by atoms with Gasteiger partial charge in [-0.2, -0.15) is 0 Å². The smallest absolute Gasteiger partial charge is 0.124 e. The number of nitrogens with one attached hydrogen (secondary N) is 1. The van der Waals surface area contributed by atoms with Gasteiger partial charge in [0.15, 0.2) is 0 Å². The molecule has 1 fully saturated rings. The number of methoxy groups -OCH3 is 1. The molecule has 0 heterocycles. The molecule has 0 aliphatic heterocycles. The summed E-state index contributed by atoms with van der Waals surface area (Å²) in [4.78, 5) is 0. The minimum atomic E-state index is 0.781. The van der Waals surface area contributed by atoms with Gasteiger partial charge in [-0.15, -0.1) is 0 Å². The van der Waals surface area contributed by atoms with E-state index in [1.54, 1.807) is 7.11 Å². The molecule has 2 rings (SSSR count). The summed E-state index contributed by atoms with van der Waals surface area (Å²) in [7, 11) is 1.69. The van der Waals surface area contributed by atoms with E-state index in [0.717, 1.165) is 41.3 Å². The first-order valence-corrected chi connectivity index (χ1v) is 8.10. The number of halogens is 1. The van der Waals surface area contributed by atoms with Crippen molar-refractivity contribution < 1.29 is 4.74 Å². The van der Waals surface area contributed by atoms with Crippen LogP contribution in [0, 0.1) is 11.8 Å². The average molecular weight is 296 g/mol. The van der Waals surface area contributed by atoms with Gasteiger partial charge in [0, 0.05) is 17.1 Å². The predicted octanol–water partition coefficient (Wildman–Crippen LogP) is 4.65. The van der Waals surface area contributed by atoms with Crippen LogP contribution in [-0.2, 0) is 6.54 Å². The molecule has 0 spiro atoms. The van der Waals surface area contributed by atoms with Gasteiger partial charge < -0.3 is 10.1 Å². The van der Waals surface area contributed by atoms with E-state index in [0.29, 0.717) is 0 Å². The molecule has 2 unspecified atom stereocenters. The lowest BCUT2D eigenvalue weighted by Crippen LogP contribution is -2.21. The van der Waals surface area contributed by atoms with E-state index in [2.05, 4.69) is 12.2 Å². The fourth-order valence-corrected chi connectivity index (χ4v) is 3.48. The van der Waals surface area contributed by atoms with Crippen LogP contribution in [0.1, 0.15) is 44.6 Å². The molecule has 0 aromatic heterocycles. The summed E-state index contributed by atoms with van der Waals surface area (Å²) in [6, 6.07) is 5.81. The highest BCUT2D eigenvalue weighted by Gasteiger charge is 2.18. The molecule has 112 valence electrons. The van der Waals surface area contributed by atoms with Gasteiger partial charge in [0.1, 0.15) is 5.75 Å². The predicted molar refractivity (Wildman–Crippen MR) is 85.4 cm³/mol. The van der Waals surface area contributed by atoms with Crippen LogP contribution in [0.15, 0.2) is 18.2 Å². The number of ether oxygens (including phenoxy) is 1. The monoisotopic (exact) mass is 295 g/mol. The van der Waals surface area contributed by atoms with Crippen LogP contribution in [0.2, 0.25) is 5.02 Å². The van der Waals surface area contributed by atoms with Crippen molar-refractivity contribution in [3.05, 3.63) is 28.8 Å². The molecule has 20 heavy (non-hydrogen) atoms. The fraction of sp³-hybridized carbons (Fsp3) is 0.647. The molecule has 3 heteroatoms. The molecule has 0 radical (unpaired) electrons. The van der Waals surface area contributed by atoms with Crippen LogP contribution < -0.4 is 10.1 Å². The van der Waals surface area contributed by atoms with Gasteiger partial charge >= 0.3 is 0 Å². The Hall–Kier alpha value is -0.730. The zero-order valence-corrected chi connectivity index (χ0v) is 13.4. The Morgan fingerprint density at radius 2 is 2.20 bits per heavy atom. The molecule has 0 amide bonds. The average Bonchev–Trinajstić information content (AvgIpc) is 2.45. The second kappa shape index (κ2) is 7.90. The number of hydrogen-bond donors (Lipinski definition) is 1. The van der Waals surface area contributed by atoms with Gasteiger partial charge in [-0.25, -0.2) is 0 Å². The summed E-state index contributed by atoms with van der Waals surface area (Å²) in [5.74, 6) is 2.69. The lowest BCUT2D eigenvalue weighted by Gasteiger charge is -2.26. The normalized spacial score (nSPS) is 22.8. The van der Waals surface area contributed by atoms with Crippen molar-refractivity contribution >= 4 is 11.6 Å². The molecule has 2 nitrogen and oxygen atoms in total. The SMILES string of the molecule is COc1cccc(Cl)c1CNCCC1CCCC(C)C1. The molecule has 1 aliphatic rings. The van der Waals surface area contributed by atoms with Crippen LogP contribution in [0.25, 0.3) is 0 Å². The fourth-order valence-electron chi connectivity index (χ4n) is 3.24. The summed E-state index contributed by atoms with van der Waals surface area (Å²) in [6.45, 7) is 4.23. The van der Waals surface area contributed by atoms with Crippen LogP contribution >= 0.6 is 11.6 Å². The molecule has 2 atom stereocenters. The second-order valence-electron chi connectivity index (χ2n) is 6.02. The Balaban J connectivity index is 1.76. The molecular formula is C17H26ClNO. The van der Waals surface area contributed by atoms with Gasteiger partial charge in [0.25, 0.3) is 0 Å². The molecular weight excluding hydrogens is 270 g/mol. The van der Waals surface area contributed by atoms with E-state index in [1.807, 2.05) is 18.2 Å². The number of benzene rings is 1. The zero-order valence-electron chi connectivity index (χ0n) is 12.6. The van der Waals surface area contributed by atoms with Crippen LogP contribution in [0.4, 0.5) is 0 Å². The highest BCUT2D eigenvalue weighted by atomic mass is 35.5. The third-order valence-electron chi connectivity index (χ3n) is 4.37. The van der Waals surface area contributed by atoms with Gasteiger partial charge in [0.2, 0.25) is 0 Å². The zero-order chi connectivity index (χ0) is 14.4. The standard InChI is InChI=1S/C17H26ClNO/c1-13-5-3-6-14(11-13)9-10-19-12-15-16(18)7-4-8-17(15)20-2/h4,7-8,13-14,19H,3,5-6,9-12H2,1-2H3. The van der Waals surface area contributed by atoms with Crippen molar-refractivity contribution in [1.82, 2.24) is 5.32 Å². The first-order valence-electron chi connectivity index (χ1n) is 7.72.